The van der Waals surface area contributed by atoms with Crippen molar-refractivity contribution in [3.63, 3.8) is 0 Å². The van der Waals surface area contributed by atoms with Crippen LogP contribution in [0.1, 0.15) is 69.7 Å². The van der Waals surface area contributed by atoms with Crippen molar-refractivity contribution in [3.05, 3.63) is 5.82 Å². The molecule has 0 spiro atoms. The van der Waals surface area contributed by atoms with Crippen LogP contribution in [0.2, 0.25) is 0 Å². The molecule has 1 aromatic rings. The van der Waals surface area contributed by atoms with E-state index in [-0.39, 0.29) is 11.5 Å². The minimum Gasteiger partial charge on any atom is -0.340 e. The summed E-state index contributed by atoms with van der Waals surface area (Å²) in [4.78, 5) is 17.2. The number of carbonyl (C=O) groups excluding carboxylic acids is 1. The summed E-state index contributed by atoms with van der Waals surface area (Å²) in [7, 11) is 4.19. The van der Waals surface area contributed by atoms with Crippen molar-refractivity contribution in [1.29, 1.82) is 0 Å². The quantitative estimate of drug-likeness (QED) is 0.834. The van der Waals surface area contributed by atoms with Crippen molar-refractivity contribution in [2.45, 2.75) is 69.4 Å². The van der Waals surface area contributed by atoms with E-state index in [4.69, 9.17) is 0 Å². The molecule has 138 valence electrons. The van der Waals surface area contributed by atoms with Crippen LogP contribution in [0.15, 0.2) is 0 Å². The number of tetrazole rings is 1. The van der Waals surface area contributed by atoms with Crippen molar-refractivity contribution in [3.8, 4) is 0 Å². The summed E-state index contributed by atoms with van der Waals surface area (Å²) in [6.45, 7) is 1.52. The van der Waals surface area contributed by atoms with Crippen LogP contribution in [0.3, 0.4) is 0 Å². The Balaban J connectivity index is 1.59. The maximum Gasteiger partial charge on any atom is 0.225 e. The zero-order valence-electron chi connectivity index (χ0n) is 15.5. The molecule has 0 bridgehead atoms. The Morgan fingerprint density at radius 2 is 1.80 bits per heavy atom. The zero-order chi connectivity index (χ0) is 17.4. The van der Waals surface area contributed by atoms with Gasteiger partial charge in [0.1, 0.15) is 5.54 Å². The van der Waals surface area contributed by atoms with Gasteiger partial charge in [-0.25, -0.2) is 4.68 Å². The molecule has 3 aliphatic rings. The molecule has 2 heterocycles. The van der Waals surface area contributed by atoms with Gasteiger partial charge in [-0.1, -0.05) is 25.7 Å². The Morgan fingerprint density at radius 1 is 1.12 bits per heavy atom. The Hall–Kier alpha value is -1.50. The summed E-state index contributed by atoms with van der Waals surface area (Å²) in [6.07, 6.45) is 10.3. The number of carbonyl (C=O) groups is 1. The molecule has 0 aromatic carbocycles. The molecule has 1 atom stereocenters. The first-order valence-electron chi connectivity index (χ1n) is 9.86. The molecular formula is C18H30N6O. The minimum atomic E-state index is -0.264. The Kier molecular flexibility index (Phi) is 4.52. The van der Waals surface area contributed by atoms with E-state index in [0.717, 1.165) is 44.5 Å². The van der Waals surface area contributed by atoms with Gasteiger partial charge in [-0.3, -0.25) is 9.69 Å². The second-order valence-corrected chi connectivity index (χ2v) is 8.30. The third kappa shape index (κ3) is 2.86. The molecule has 1 amide bonds. The van der Waals surface area contributed by atoms with Gasteiger partial charge in [-0.2, -0.15) is 0 Å². The topological polar surface area (TPSA) is 67.2 Å². The third-order valence-corrected chi connectivity index (χ3v) is 6.70. The molecule has 7 heteroatoms. The average molecular weight is 346 g/mol. The summed E-state index contributed by atoms with van der Waals surface area (Å²) >= 11 is 0. The van der Waals surface area contributed by atoms with Crippen LogP contribution in [0.25, 0.3) is 0 Å². The molecule has 0 radical (unpaired) electrons. The molecule has 1 saturated heterocycles. The fraction of sp³-hybridized carbons (Fsp3) is 0.889. The molecule has 2 aliphatic carbocycles. The fourth-order valence-electron chi connectivity index (χ4n) is 5.06. The Labute approximate surface area is 149 Å². The number of hydrogen-bond donors (Lipinski definition) is 0. The van der Waals surface area contributed by atoms with E-state index in [9.17, 15) is 4.79 Å². The number of likely N-dealkylation sites (N-methyl/N-ethyl adjacent to an activating group) is 1. The first kappa shape index (κ1) is 16.9. The molecule has 2 saturated carbocycles. The molecule has 25 heavy (non-hydrogen) atoms. The molecular weight excluding hydrogens is 316 g/mol. The average Bonchev–Trinajstić information content (AvgIpc) is 3.42. The van der Waals surface area contributed by atoms with Gasteiger partial charge in [-0.15, -0.1) is 5.10 Å². The second kappa shape index (κ2) is 6.67. The smallest absolute Gasteiger partial charge is 0.225 e. The van der Waals surface area contributed by atoms with Gasteiger partial charge in [0.2, 0.25) is 5.91 Å². The van der Waals surface area contributed by atoms with E-state index in [0.29, 0.717) is 18.5 Å². The van der Waals surface area contributed by atoms with Gasteiger partial charge in [0, 0.05) is 19.0 Å². The molecule has 7 nitrogen and oxygen atoms in total. The second-order valence-electron chi connectivity index (χ2n) is 8.30. The first-order valence-corrected chi connectivity index (χ1v) is 9.86. The summed E-state index contributed by atoms with van der Waals surface area (Å²) in [6, 6.07) is 0.418. The predicted molar refractivity (Wildman–Crippen MR) is 93.8 cm³/mol. The molecule has 1 aliphatic heterocycles. The van der Waals surface area contributed by atoms with Gasteiger partial charge < -0.3 is 4.90 Å². The molecule has 4 rings (SSSR count). The van der Waals surface area contributed by atoms with Crippen LogP contribution >= 0.6 is 0 Å². The normalized spacial score (nSPS) is 28.5. The van der Waals surface area contributed by atoms with Gasteiger partial charge >= 0.3 is 0 Å². The largest absolute Gasteiger partial charge is 0.340 e. The number of amides is 1. The summed E-state index contributed by atoms with van der Waals surface area (Å²) in [5.74, 6) is 1.54. The van der Waals surface area contributed by atoms with Crippen LogP contribution in [-0.4, -0.2) is 63.1 Å². The molecule has 1 aromatic heterocycles. The summed E-state index contributed by atoms with van der Waals surface area (Å²) in [5, 5.41) is 12.8. The lowest BCUT2D eigenvalue weighted by Crippen LogP contribution is -2.47. The van der Waals surface area contributed by atoms with Crippen LogP contribution < -0.4 is 0 Å². The lowest BCUT2D eigenvalue weighted by Gasteiger charge is -2.35. The van der Waals surface area contributed by atoms with E-state index in [1.54, 1.807) is 0 Å². The molecule has 0 N–H and O–H groups in total. The van der Waals surface area contributed by atoms with E-state index in [2.05, 4.69) is 44.1 Å². The maximum atomic E-state index is 12.9. The lowest BCUT2D eigenvalue weighted by molar-refractivity contribution is -0.134. The predicted octanol–water partition coefficient (Wildman–Crippen LogP) is 1.97. The standard InChI is InChI=1S/C18H30N6O/c1-22(2)18(17-19-20-21-24(17)15-9-5-6-10-15)11-12-23(13-18)16(25)14-7-3-4-8-14/h14-15H,3-13H2,1-2H3/t18-/m0/s1. The van der Waals surface area contributed by atoms with E-state index >= 15 is 0 Å². The van der Waals surface area contributed by atoms with Gasteiger partial charge in [0.15, 0.2) is 5.82 Å². The van der Waals surface area contributed by atoms with Gasteiger partial charge in [0.25, 0.3) is 0 Å². The fourth-order valence-corrected chi connectivity index (χ4v) is 5.06. The van der Waals surface area contributed by atoms with Crippen LogP contribution in [0, 0.1) is 5.92 Å². The first-order chi connectivity index (χ1) is 12.1. The molecule has 0 unspecified atom stereocenters. The highest BCUT2D eigenvalue weighted by atomic mass is 16.2. The van der Waals surface area contributed by atoms with Crippen molar-refractivity contribution >= 4 is 5.91 Å². The van der Waals surface area contributed by atoms with Gasteiger partial charge in [0.05, 0.1) is 6.04 Å². The van der Waals surface area contributed by atoms with Crippen molar-refractivity contribution in [1.82, 2.24) is 30.0 Å². The third-order valence-electron chi connectivity index (χ3n) is 6.70. The Morgan fingerprint density at radius 3 is 2.48 bits per heavy atom. The van der Waals surface area contributed by atoms with Gasteiger partial charge in [-0.05, 0) is 56.6 Å². The Bertz CT molecular complexity index is 617. The number of aromatic nitrogens is 4. The zero-order valence-corrected chi connectivity index (χ0v) is 15.5. The summed E-state index contributed by atoms with van der Waals surface area (Å²) in [5.41, 5.74) is -0.264. The molecule has 3 fully saturated rings. The number of likely N-dealkylation sites (tertiary alicyclic amines) is 1. The van der Waals surface area contributed by atoms with E-state index < -0.39 is 0 Å². The van der Waals surface area contributed by atoms with Crippen LogP contribution in [0.4, 0.5) is 0 Å². The maximum absolute atomic E-state index is 12.9. The number of nitrogens with zero attached hydrogens (tertiary/aromatic N) is 6. The van der Waals surface area contributed by atoms with Crippen molar-refractivity contribution in [2.75, 3.05) is 27.2 Å². The van der Waals surface area contributed by atoms with E-state index in [1.165, 1.54) is 25.7 Å². The van der Waals surface area contributed by atoms with Crippen molar-refractivity contribution < 1.29 is 4.79 Å². The van der Waals surface area contributed by atoms with Crippen LogP contribution in [-0.2, 0) is 10.3 Å². The monoisotopic (exact) mass is 346 g/mol. The SMILES string of the molecule is CN(C)[C@@]1(c2nnnn2C2CCCC2)CCN(C(=O)C2CCCC2)C1. The number of rotatable bonds is 4. The summed E-state index contributed by atoms with van der Waals surface area (Å²) < 4.78 is 2.07. The highest BCUT2D eigenvalue weighted by Gasteiger charge is 2.48. The van der Waals surface area contributed by atoms with E-state index in [1.807, 2.05) is 0 Å². The number of hydrogen-bond acceptors (Lipinski definition) is 5. The highest BCUT2D eigenvalue weighted by molar-refractivity contribution is 5.79. The highest BCUT2D eigenvalue weighted by Crippen LogP contribution is 2.39. The van der Waals surface area contributed by atoms with Crippen LogP contribution in [0.5, 0.6) is 0 Å². The minimum absolute atomic E-state index is 0.240. The van der Waals surface area contributed by atoms with Crippen molar-refractivity contribution in [2.24, 2.45) is 5.92 Å². The lowest BCUT2D eigenvalue weighted by atomic mass is 9.95.